The number of ether oxygens (including phenoxy) is 3. The minimum Gasteiger partial charge on any atom is -0.462 e. The zero-order valence-electron chi connectivity index (χ0n) is 39.0. The molecule has 0 rings (SSSR count). The van der Waals surface area contributed by atoms with Gasteiger partial charge < -0.3 is 14.2 Å². The maximum atomic E-state index is 12.8. The van der Waals surface area contributed by atoms with Crippen LogP contribution in [0.4, 0.5) is 0 Å². The van der Waals surface area contributed by atoms with E-state index in [4.69, 9.17) is 14.2 Å². The molecular formula is C51H98O6. The zero-order valence-corrected chi connectivity index (χ0v) is 39.0. The van der Waals surface area contributed by atoms with Crippen LogP contribution in [0, 0.1) is 11.8 Å². The maximum Gasteiger partial charge on any atom is 0.306 e. The Morgan fingerprint density at radius 1 is 0.368 bits per heavy atom. The summed E-state index contributed by atoms with van der Waals surface area (Å²) in [5.41, 5.74) is 0. The van der Waals surface area contributed by atoms with Gasteiger partial charge in [-0.2, -0.15) is 0 Å². The molecular weight excluding hydrogens is 709 g/mol. The maximum absolute atomic E-state index is 12.8. The van der Waals surface area contributed by atoms with Crippen LogP contribution < -0.4 is 0 Å². The Balaban J connectivity index is 4.32. The molecule has 0 radical (unpaired) electrons. The first-order valence-electron chi connectivity index (χ1n) is 25.3. The van der Waals surface area contributed by atoms with E-state index in [0.29, 0.717) is 19.3 Å². The topological polar surface area (TPSA) is 78.9 Å². The van der Waals surface area contributed by atoms with E-state index in [0.717, 1.165) is 69.6 Å². The standard InChI is InChI=1S/C51H98O6/c1-6-8-9-10-11-12-13-14-15-16-17-20-26-31-36-41-49(52)55-44-48(57-51(54)43-38-33-28-21-18-19-24-29-34-39-46(3)4)45-56-50(53)42-37-32-27-23-22-25-30-35-40-47(5)7-2/h46-48H,6-45H2,1-5H3/t47?,48-/m1/s1. The number of rotatable bonds is 45. The summed E-state index contributed by atoms with van der Waals surface area (Å²) in [5, 5.41) is 0. The quantitative estimate of drug-likeness (QED) is 0.0346. The van der Waals surface area contributed by atoms with Gasteiger partial charge in [0.15, 0.2) is 6.10 Å². The highest BCUT2D eigenvalue weighted by atomic mass is 16.6. The second kappa shape index (κ2) is 44.0. The number of carbonyl (C=O) groups is 3. The highest BCUT2D eigenvalue weighted by molar-refractivity contribution is 5.71. The van der Waals surface area contributed by atoms with Gasteiger partial charge in [0, 0.05) is 19.3 Å². The van der Waals surface area contributed by atoms with E-state index in [2.05, 4.69) is 34.6 Å². The molecule has 6 heteroatoms. The first-order valence-corrected chi connectivity index (χ1v) is 25.3. The predicted octanol–water partition coefficient (Wildman–Crippen LogP) is 16.1. The molecule has 0 aliphatic heterocycles. The molecule has 6 nitrogen and oxygen atoms in total. The van der Waals surface area contributed by atoms with Gasteiger partial charge in [-0.15, -0.1) is 0 Å². The molecule has 0 aromatic carbocycles. The van der Waals surface area contributed by atoms with Gasteiger partial charge in [0.25, 0.3) is 0 Å². The first-order chi connectivity index (χ1) is 27.8. The van der Waals surface area contributed by atoms with E-state index in [1.165, 1.54) is 167 Å². The second-order valence-corrected chi connectivity index (χ2v) is 18.2. The Morgan fingerprint density at radius 3 is 1.00 bits per heavy atom. The van der Waals surface area contributed by atoms with E-state index < -0.39 is 6.10 Å². The molecule has 338 valence electrons. The fourth-order valence-corrected chi connectivity index (χ4v) is 7.60. The first kappa shape index (κ1) is 55.4. The van der Waals surface area contributed by atoms with Crippen LogP contribution in [0.2, 0.25) is 0 Å². The number of hydrogen-bond acceptors (Lipinski definition) is 6. The third kappa shape index (κ3) is 43.8. The smallest absolute Gasteiger partial charge is 0.306 e. The minimum absolute atomic E-state index is 0.0644. The molecule has 0 aromatic rings. The van der Waals surface area contributed by atoms with Crippen LogP contribution in [-0.4, -0.2) is 37.2 Å². The van der Waals surface area contributed by atoms with Gasteiger partial charge in [0.2, 0.25) is 0 Å². The molecule has 1 unspecified atom stereocenters. The number of carbonyl (C=O) groups excluding carboxylic acids is 3. The lowest BCUT2D eigenvalue weighted by Gasteiger charge is -2.18. The van der Waals surface area contributed by atoms with Crippen molar-refractivity contribution in [2.45, 2.75) is 285 Å². The predicted molar refractivity (Wildman–Crippen MR) is 243 cm³/mol. The third-order valence-corrected chi connectivity index (χ3v) is 11.8. The van der Waals surface area contributed by atoms with Crippen molar-refractivity contribution < 1.29 is 28.6 Å². The van der Waals surface area contributed by atoms with Crippen LogP contribution in [-0.2, 0) is 28.6 Å². The Labute approximate surface area is 355 Å². The molecule has 0 saturated heterocycles. The highest BCUT2D eigenvalue weighted by Crippen LogP contribution is 2.17. The summed E-state index contributed by atoms with van der Waals surface area (Å²) in [6.45, 7) is 11.3. The summed E-state index contributed by atoms with van der Waals surface area (Å²) < 4.78 is 16.8. The normalized spacial score (nSPS) is 12.5. The van der Waals surface area contributed by atoms with E-state index in [-0.39, 0.29) is 31.1 Å². The van der Waals surface area contributed by atoms with Crippen LogP contribution in [0.5, 0.6) is 0 Å². The molecule has 2 atom stereocenters. The van der Waals surface area contributed by atoms with E-state index in [1.807, 2.05) is 0 Å². The number of unbranched alkanes of at least 4 members (excludes halogenated alkanes) is 29. The monoisotopic (exact) mass is 807 g/mol. The fraction of sp³-hybridized carbons (Fsp3) is 0.941. The van der Waals surface area contributed by atoms with Gasteiger partial charge in [0.1, 0.15) is 13.2 Å². The Hall–Kier alpha value is -1.59. The molecule has 0 aromatic heterocycles. The highest BCUT2D eigenvalue weighted by Gasteiger charge is 2.19. The van der Waals surface area contributed by atoms with Crippen molar-refractivity contribution in [3.63, 3.8) is 0 Å². The van der Waals surface area contributed by atoms with Gasteiger partial charge in [-0.1, -0.05) is 240 Å². The molecule has 0 bridgehead atoms. The SMILES string of the molecule is CCCCCCCCCCCCCCCCCC(=O)OC[C@H](COC(=O)CCCCCCCCCCC(C)CC)OC(=O)CCCCCCCCCCCC(C)C. The lowest BCUT2D eigenvalue weighted by atomic mass is 9.99. The van der Waals surface area contributed by atoms with Crippen molar-refractivity contribution >= 4 is 17.9 Å². The molecule has 0 heterocycles. The molecule has 0 N–H and O–H groups in total. The summed E-state index contributed by atoms with van der Waals surface area (Å²) >= 11 is 0. The van der Waals surface area contributed by atoms with Gasteiger partial charge >= 0.3 is 17.9 Å². The molecule has 0 aliphatic rings. The van der Waals surface area contributed by atoms with Crippen molar-refractivity contribution in [2.75, 3.05) is 13.2 Å². The molecule has 0 aliphatic carbocycles. The van der Waals surface area contributed by atoms with Crippen LogP contribution in [0.3, 0.4) is 0 Å². The average Bonchev–Trinajstić information content (AvgIpc) is 3.19. The van der Waals surface area contributed by atoms with E-state index in [9.17, 15) is 14.4 Å². The largest absolute Gasteiger partial charge is 0.462 e. The van der Waals surface area contributed by atoms with Gasteiger partial charge in [-0.25, -0.2) is 0 Å². The van der Waals surface area contributed by atoms with Gasteiger partial charge in [-0.3, -0.25) is 14.4 Å². The molecule has 0 amide bonds. The third-order valence-electron chi connectivity index (χ3n) is 11.8. The summed E-state index contributed by atoms with van der Waals surface area (Å²) in [7, 11) is 0. The zero-order chi connectivity index (χ0) is 41.9. The summed E-state index contributed by atoms with van der Waals surface area (Å²) in [4.78, 5) is 37.9. The molecule has 0 fully saturated rings. The van der Waals surface area contributed by atoms with Crippen LogP contribution in [0.25, 0.3) is 0 Å². The van der Waals surface area contributed by atoms with Crippen LogP contribution in [0.1, 0.15) is 279 Å². The van der Waals surface area contributed by atoms with E-state index in [1.54, 1.807) is 0 Å². The Kier molecular flexibility index (Phi) is 42.7. The number of hydrogen-bond donors (Lipinski definition) is 0. The summed E-state index contributed by atoms with van der Waals surface area (Å²) in [6, 6.07) is 0. The van der Waals surface area contributed by atoms with Crippen molar-refractivity contribution in [1.82, 2.24) is 0 Å². The lowest BCUT2D eigenvalue weighted by Crippen LogP contribution is -2.30. The Bertz CT molecular complexity index is 872. The minimum atomic E-state index is -0.762. The molecule has 0 saturated carbocycles. The van der Waals surface area contributed by atoms with Crippen molar-refractivity contribution in [3.05, 3.63) is 0 Å². The number of esters is 3. The fourth-order valence-electron chi connectivity index (χ4n) is 7.60. The van der Waals surface area contributed by atoms with Gasteiger partial charge in [-0.05, 0) is 31.1 Å². The second-order valence-electron chi connectivity index (χ2n) is 18.2. The van der Waals surface area contributed by atoms with E-state index >= 15 is 0 Å². The van der Waals surface area contributed by atoms with Crippen molar-refractivity contribution in [3.8, 4) is 0 Å². The Morgan fingerprint density at radius 2 is 0.667 bits per heavy atom. The lowest BCUT2D eigenvalue weighted by molar-refractivity contribution is -0.167. The van der Waals surface area contributed by atoms with Crippen molar-refractivity contribution in [2.24, 2.45) is 11.8 Å². The van der Waals surface area contributed by atoms with Gasteiger partial charge in [0.05, 0.1) is 0 Å². The molecule has 0 spiro atoms. The summed E-state index contributed by atoms with van der Waals surface area (Å²) in [5.74, 6) is 0.801. The molecule has 57 heavy (non-hydrogen) atoms. The average molecular weight is 807 g/mol. The van der Waals surface area contributed by atoms with Crippen LogP contribution in [0.15, 0.2) is 0 Å². The summed E-state index contributed by atoms with van der Waals surface area (Å²) in [6.07, 6.45) is 43.7. The van der Waals surface area contributed by atoms with Crippen molar-refractivity contribution in [1.29, 1.82) is 0 Å². The van der Waals surface area contributed by atoms with Crippen LogP contribution >= 0.6 is 0 Å².